The summed E-state index contributed by atoms with van der Waals surface area (Å²) in [6, 6.07) is 2.09. The van der Waals surface area contributed by atoms with E-state index in [0.717, 1.165) is 12.1 Å². The van der Waals surface area contributed by atoms with E-state index in [0.29, 0.717) is 0 Å². The monoisotopic (exact) mass is 308 g/mol. The quantitative estimate of drug-likeness (QED) is 0.313. The van der Waals surface area contributed by atoms with Gasteiger partial charge < -0.3 is 20.4 Å². The summed E-state index contributed by atoms with van der Waals surface area (Å²) in [6.45, 7) is -0.384. The number of rotatable bonds is 3. The molecule has 1 aromatic heterocycles. The fraction of sp³-hybridized carbons (Fsp3) is 0.0909. The zero-order valence-electron chi connectivity index (χ0n) is 10.7. The minimum Gasteiger partial charge on any atom is -0.474 e. The van der Waals surface area contributed by atoms with Gasteiger partial charge in [0.05, 0.1) is 16.0 Å². The molecule has 0 saturated heterocycles. The number of aromatic amines is 2. The summed E-state index contributed by atoms with van der Waals surface area (Å²) in [5, 5.41) is 21.3. The number of non-ortho nitro benzene ring substituents is 1. The summed E-state index contributed by atoms with van der Waals surface area (Å²) in [7, 11) is 0. The summed E-state index contributed by atoms with van der Waals surface area (Å²) in [5.41, 5.74) is -2.25. The van der Waals surface area contributed by atoms with Crippen LogP contribution in [0.5, 0.6) is 0 Å². The highest BCUT2D eigenvalue weighted by Crippen LogP contribution is 2.21. The Kier molecular flexibility index (Phi) is 3.71. The second-order valence-corrected chi connectivity index (χ2v) is 4.18. The van der Waals surface area contributed by atoms with Crippen molar-refractivity contribution in [1.82, 2.24) is 15.3 Å². The van der Waals surface area contributed by atoms with Crippen molar-refractivity contribution in [3.63, 3.8) is 0 Å². The van der Waals surface area contributed by atoms with Gasteiger partial charge in [0.15, 0.2) is 0 Å². The van der Waals surface area contributed by atoms with E-state index in [1.54, 1.807) is 0 Å². The molecule has 22 heavy (non-hydrogen) atoms. The summed E-state index contributed by atoms with van der Waals surface area (Å²) >= 11 is 0. The van der Waals surface area contributed by atoms with Gasteiger partial charge in [-0.25, -0.2) is 4.79 Å². The predicted molar refractivity (Wildman–Crippen MR) is 71.3 cm³/mol. The van der Waals surface area contributed by atoms with E-state index >= 15 is 0 Å². The summed E-state index contributed by atoms with van der Waals surface area (Å²) in [5.74, 6) is -3.04. The Balaban J connectivity index is 2.59. The number of carbonyl (C=O) groups excluding carboxylic acids is 1. The van der Waals surface area contributed by atoms with Crippen molar-refractivity contribution in [2.75, 3.05) is 0 Å². The van der Waals surface area contributed by atoms with Crippen LogP contribution in [0.3, 0.4) is 0 Å². The van der Waals surface area contributed by atoms with E-state index in [1.807, 2.05) is 5.32 Å². The second-order valence-electron chi connectivity index (χ2n) is 4.18. The van der Waals surface area contributed by atoms with Gasteiger partial charge >= 0.3 is 23.0 Å². The lowest BCUT2D eigenvalue weighted by Crippen LogP contribution is -2.31. The van der Waals surface area contributed by atoms with Gasteiger partial charge in [-0.3, -0.25) is 24.5 Å². The molecule has 11 heteroatoms. The molecular formula is C11H8N4O7. The Labute approximate surface area is 119 Å². The number of nitro groups is 1. The third-order valence-electron chi connectivity index (χ3n) is 2.74. The van der Waals surface area contributed by atoms with Crippen LogP contribution >= 0.6 is 0 Å². The van der Waals surface area contributed by atoms with E-state index in [4.69, 9.17) is 5.11 Å². The lowest BCUT2D eigenvalue weighted by Gasteiger charge is -2.07. The number of hydrogen-bond donors (Lipinski definition) is 4. The molecule has 2 aromatic rings. The number of aliphatic carboxylic acids is 1. The van der Waals surface area contributed by atoms with Crippen LogP contribution in [0.25, 0.3) is 11.0 Å². The minimum atomic E-state index is -1.73. The van der Waals surface area contributed by atoms with Crippen LogP contribution in [0.2, 0.25) is 0 Å². The van der Waals surface area contributed by atoms with E-state index in [1.165, 1.54) is 0 Å². The lowest BCUT2D eigenvalue weighted by atomic mass is 10.1. The van der Waals surface area contributed by atoms with Crippen molar-refractivity contribution < 1.29 is 19.6 Å². The van der Waals surface area contributed by atoms with Crippen LogP contribution in [0.4, 0.5) is 5.69 Å². The number of carbonyl (C=O) groups is 2. The Bertz CT molecular complexity index is 911. The molecule has 11 nitrogen and oxygen atoms in total. The SMILES string of the molecule is O=C(O)C(=O)NCc1cc([N+](=O)[O-])cc2[nH]c(=O)c(=O)[nH]c12. The average Bonchev–Trinajstić information content (AvgIpc) is 2.45. The van der Waals surface area contributed by atoms with Crippen molar-refractivity contribution >= 4 is 28.6 Å². The maximum absolute atomic E-state index is 11.3. The minimum absolute atomic E-state index is 0.0154. The smallest absolute Gasteiger partial charge is 0.394 e. The van der Waals surface area contributed by atoms with Gasteiger partial charge in [0.25, 0.3) is 5.69 Å². The van der Waals surface area contributed by atoms with Gasteiger partial charge in [-0.1, -0.05) is 0 Å². The van der Waals surface area contributed by atoms with Crippen molar-refractivity contribution in [3.8, 4) is 0 Å². The zero-order valence-corrected chi connectivity index (χ0v) is 10.7. The molecule has 2 rings (SSSR count). The largest absolute Gasteiger partial charge is 0.474 e. The van der Waals surface area contributed by atoms with Crippen LogP contribution in [0, 0.1) is 10.1 Å². The highest BCUT2D eigenvalue weighted by Gasteiger charge is 2.16. The molecule has 0 radical (unpaired) electrons. The van der Waals surface area contributed by atoms with Crippen LogP contribution < -0.4 is 16.4 Å². The lowest BCUT2D eigenvalue weighted by molar-refractivity contribution is -0.384. The van der Waals surface area contributed by atoms with Gasteiger partial charge in [0.2, 0.25) is 0 Å². The number of amides is 1. The number of hydrogen-bond acceptors (Lipinski definition) is 6. The van der Waals surface area contributed by atoms with Crippen LogP contribution in [0.1, 0.15) is 5.56 Å². The van der Waals surface area contributed by atoms with E-state index in [2.05, 4.69) is 9.97 Å². The molecule has 4 N–H and O–H groups in total. The molecule has 0 spiro atoms. The molecule has 114 valence electrons. The third kappa shape index (κ3) is 2.82. The van der Waals surface area contributed by atoms with Gasteiger partial charge in [-0.2, -0.15) is 0 Å². The summed E-state index contributed by atoms with van der Waals surface area (Å²) in [6.07, 6.45) is 0. The summed E-state index contributed by atoms with van der Waals surface area (Å²) < 4.78 is 0. The Morgan fingerprint density at radius 2 is 1.86 bits per heavy atom. The standard InChI is InChI=1S/C11H8N4O7/c16-8-9(17)14-7-4(3-12-10(18)11(19)20)1-5(15(21)22)2-6(7)13-8/h1-2H,3H2,(H,12,18)(H,13,16)(H,14,17)(H,19,20). The van der Waals surface area contributed by atoms with Crippen LogP contribution in [0.15, 0.2) is 21.7 Å². The Morgan fingerprint density at radius 1 is 1.23 bits per heavy atom. The molecule has 0 aliphatic carbocycles. The number of fused-ring (bicyclic) bond motifs is 1. The topological polar surface area (TPSA) is 175 Å². The van der Waals surface area contributed by atoms with E-state index < -0.39 is 33.6 Å². The molecule has 0 unspecified atom stereocenters. The zero-order chi connectivity index (χ0) is 16.4. The molecule has 1 aromatic carbocycles. The normalized spacial score (nSPS) is 10.4. The average molecular weight is 308 g/mol. The molecule has 0 aliphatic rings. The summed E-state index contributed by atoms with van der Waals surface area (Å²) in [4.78, 5) is 58.6. The molecular weight excluding hydrogens is 300 g/mol. The highest BCUT2D eigenvalue weighted by molar-refractivity contribution is 6.31. The molecule has 0 aliphatic heterocycles. The number of aromatic nitrogens is 2. The number of carboxylic acid groups (broad SMARTS) is 1. The van der Waals surface area contributed by atoms with Crippen LogP contribution in [-0.4, -0.2) is 31.9 Å². The maximum Gasteiger partial charge on any atom is 0.394 e. The molecule has 0 atom stereocenters. The van der Waals surface area contributed by atoms with Crippen molar-refractivity contribution in [1.29, 1.82) is 0 Å². The number of benzene rings is 1. The number of H-pyrrole nitrogens is 2. The highest BCUT2D eigenvalue weighted by atomic mass is 16.6. The predicted octanol–water partition coefficient (Wildman–Crippen LogP) is -1.17. The first-order valence-electron chi connectivity index (χ1n) is 5.74. The second kappa shape index (κ2) is 5.47. The third-order valence-corrected chi connectivity index (χ3v) is 2.74. The van der Waals surface area contributed by atoms with Gasteiger partial charge in [-0.15, -0.1) is 0 Å². The Hall–Kier alpha value is -3.50. The van der Waals surface area contributed by atoms with Gasteiger partial charge in [-0.05, 0) is 0 Å². The van der Waals surface area contributed by atoms with E-state index in [-0.39, 0.29) is 23.1 Å². The first-order chi connectivity index (χ1) is 10.3. The fourth-order valence-electron chi connectivity index (χ4n) is 1.78. The number of nitrogens with zero attached hydrogens (tertiary/aromatic N) is 1. The maximum atomic E-state index is 11.3. The molecule has 0 saturated carbocycles. The number of nitro benzene ring substituents is 1. The Morgan fingerprint density at radius 3 is 2.45 bits per heavy atom. The van der Waals surface area contributed by atoms with Crippen molar-refractivity contribution in [3.05, 3.63) is 48.5 Å². The first kappa shape index (κ1) is 14.9. The van der Waals surface area contributed by atoms with Crippen molar-refractivity contribution in [2.45, 2.75) is 6.54 Å². The fourth-order valence-corrected chi connectivity index (χ4v) is 1.78. The first-order valence-corrected chi connectivity index (χ1v) is 5.74. The molecule has 0 bridgehead atoms. The molecule has 1 heterocycles. The van der Waals surface area contributed by atoms with Crippen LogP contribution in [-0.2, 0) is 16.1 Å². The van der Waals surface area contributed by atoms with E-state index in [9.17, 15) is 29.3 Å². The molecule has 1 amide bonds. The van der Waals surface area contributed by atoms with Crippen molar-refractivity contribution in [2.24, 2.45) is 0 Å². The van der Waals surface area contributed by atoms with Gasteiger partial charge in [0.1, 0.15) is 0 Å². The number of carboxylic acids is 1. The molecule has 0 fully saturated rings. The van der Waals surface area contributed by atoms with Gasteiger partial charge in [0, 0.05) is 24.2 Å². The number of nitrogens with one attached hydrogen (secondary N) is 3.